The lowest BCUT2D eigenvalue weighted by Crippen LogP contribution is -2.49. The molecule has 2 saturated heterocycles. The molecule has 9 heteroatoms. The summed E-state index contributed by atoms with van der Waals surface area (Å²) in [6.45, 7) is 11.5. The van der Waals surface area contributed by atoms with Crippen LogP contribution < -0.4 is 4.74 Å². The molecule has 0 radical (unpaired) electrons. The van der Waals surface area contributed by atoms with E-state index < -0.39 is 17.5 Å². The lowest BCUT2D eigenvalue weighted by Gasteiger charge is -2.38. The molecule has 4 rings (SSSR count). The number of piperazine rings is 1. The number of aromatic nitrogens is 1. The van der Waals surface area contributed by atoms with Gasteiger partial charge in [-0.05, 0) is 75.9 Å². The monoisotopic (exact) mass is 505 g/mol. The van der Waals surface area contributed by atoms with E-state index in [1.807, 2.05) is 13.0 Å². The third-order valence-corrected chi connectivity index (χ3v) is 7.54. The number of halogens is 3. The number of pyridine rings is 1. The van der Waals surface area contributed by atoms with Crippen molar-refractivity contribution >= 4 is 5.91 Å². The van der Waals surface area contributed by atoms with Crippen LogP contribution in [-0.4, -0.2) is 63.2 Å². The molecule has 2 aliphatic heterocycles. The Kier molecular flexibility index (Phi) is 7.09. The molecule has 2 aliphatic rings. The third-order valence-electron chi connectivity index (χ3n) is 7.54. The van der Waals surface area contributed by atoms with Crippen molar-refractivity contribution in [3.8, 4) is 5.75 Å². The Bertz CT molecular complexity index is 1110. The largest absolute Gasteiger partial charge is 0.493 e. The summed E-state index contributed by atoms with van der Waals surface area (Å²) < 4.78 is 44.3. The summed E-state index contributed by atoms with van der Waals surface area (Å²) in [7, 11) is 0. The van der Waals surface area contributed by atoms with E-state index >= 15 is 0 Å². The average Bonchev–Trinajstić information content (AvgIpc) is 3.41. The average molecular weight is 506 g/mol. The van der Waals surface area contributed by atoms with Gasteiger partial charge in [0.2, 0.25) is 0 Å². The number of likely N-dealkylation sites (tertiary alicyclic amines) is 2. The van der Waals surface area contributed by atoms with E-state index in [1.54, 1.807) is 18.7 Å². The Morgan fingerprint density at radius 1 is 1.14 bits per heavy atom. The number of amides is 1. The Labute approximate surface area is 210 Å². The zero-order chi connectivity index (χ0) is 26.4. The van der Waals surface area contributed by atoms with Crippen molar-refractivity contribution in [2.24, 2.45) is 0 Å². The third kappa shape index (κ3) is 5.37. The van der Waals surface area contributed by atoms with E-state index in [0.29, 0.717) is 26.1 Å². The molecular weight excluding hydrogens is 471 g/mol. The van der Waals surface area contributed by atoms with Gasteiger partial charge in [-0.2, -0.15) is 13.2 Å². The minimum Gasteiger partial charge on any atom is -0.493 e. The van der Waals surface area contributed by atoms with Gasteiger partial charge >= 0.3 is 6.18 Å². The number of hydrogen-bond acceptors (Lipinski definition) is 5. The van der Waals surface area contributed by atoms with E-state index in [9.17, 15) is 23.1 Å². The number of benzene rings is 1. The summed E-state index contributed by atoms with van der Waals surface area (Å²) in [4.78, 5) is 20.6. The predicted octanol–water partition coefficient (Wildman–Crippen LogP) is 4.92. The standard InChI is InChI=1S/C27H34F3N3O3/c1-16-17(2)23(36-11-10-26(4,5)35)8-7-22(16)18(3)32-14-21-12-20(32)15-33(21)25(34)19-6-9-24(31-13-19)27(28,29)30/h6-9,13,18,20-21,35H,10-12,14-15H2,1-5H3/t18-,20-,21-/m0/s1. The van der Waals surface area contributed by atoms with Crippen molar-refractivity contribution < 1.29 is 27.8 Å². The highest BCUT2D eigenvalue weighted by molar-refractivity contribution is 5.94. The number of aliphatic hydroxyl groups is 1. The van der Waals surface area contributed by atoms with E-state index in [1.165, 1.54) is 11.6 Å². The Morgan fingerprint density at radius 2 is 1.86 bits per heavy atom. The van der Waals surface area contributed by atoms with Crippen molar-refractivity contribution in [1.29, 1.82) is 0 Å². The number of alkyl halides is 3. The van der Waals surface area contributed by atoms with Crippen LogP contribution in [-0.2, 0) is 6.18 Å². The zero-order valence-electron chi connectivity index (χ0n) is 21.4. The number of ether oxygens (including phenoxy) is 1. The smallest absolute Gasteiger partial charge is 0.433 e. The second kappa shape index (κ2) is 9.67. The number of carbonyl (C=O) groups excluding carboxylic acids is 1. The van der Waals surface area contributed by atoms with Crippen molar-refractivity contribution in [2.45, 2.75) is 77.4 Å². The number of nitrogens with zero attached hydrogens (tertiary/aromatic N) is 3. The van der Waals surface area contributed by atoms with E-state index in [2.05, 4.69) is 29.8 Å². The van der Waals surface area contributed by atoms with Gasteiger partial charge in [0.05, 0.1) is 17.8 Å². The fourth-order valence-electron chi connectivity index (χ4n) is 5.29. The number of rotatable bonds is 7. The number of carbonyl (C=O) groups is 1. The Hall–Kier alpha value is -2.65. The summed E-state index contributed by atoms with van der Waals surface area (Å²) in [5, 5.41) is 9.91. The zero-order valence-corrected chi connectivity index (χ0v) is 21.4. The van der Waals surface area contributed by atoms with Crippen LogP contribution in [0, 0.1) is 13.8 Å². The van der Waals surface area contributed by atoms with Gasteiger partial charge in [-0.3, -0.25) is 14.7 Å². The molecule has 2 fully saturated rings. The SMILES string of the molecule is Cc1c(OCCC(C)(C)O)ccc([C@H](C)N2C[C@@H]3C[C@H]2CN3C(=O)c2ccc(C(F)(F)F)nc2)c1C. The molecule has 1 aromatic carbocycles. The van der Waals surface area contributed by atoms with E-state index in [-0.39, 0.29) is 29.6 Å². The first kappa shape index (κ1) is 26.4. The highest BCUT2D eigenvalue weighted by atomic mass is 19.4. The van der Waals surface area contributed by atoms with Gasteiger partial charge in [0.15, 0.2) is 0 Å². The van der Waals surface area contributed by atoms with Gasteiger partial charge in [-0.1, -0.05) is 6.07 Å². The van der Waals surface area contributed by atoms with Gasteiger partial charge < -0.3 is 14.7 Å². The van der Waals surface area contributed by atoms with Crippen molar-refractivity contribution in [3.63, 3.8) is 0 Å². The molecule has 0 spiro atoms. The summed E-state index contributed by atoms with van der Waals surface area (Å²) in [6, 6.07) is 6.52. The van der Waals surface area contributed by atoms with Gasteiger partial charge in [0.1, 0.15) is 11.4 Å². The summed E-state index contributed by atoms with van der Waals surface area (Å²) >= 11 is 0. The first-order valence-corrected chi connectivity index (χ1v) is 12.3. The Balaban J connectivity index is 1.40. The van der Waals surface area contributed by atoms with Crippen LogP contribution >= 0.6 is 0 Å². The van der Waals surface area contributed by atoms with E-state index in [4.69, 9.17) is 4.74 Å². The summed E-state index contributed by atoms with van der Waals surface area (Å²) in [6.07, 6.45) is -2.12. The molecule has 196 valence electrons. The first-order valence-electron chi connectivity index (χ1n) is 12.3. The molecule has 3 atom stereocenters. The maximum absolute atomic E-state index is 13.0. The normalized spacial score (nSPS) is 21.2. The maximum atomic E-state index is 13.0. The van der Waals surface area contributed by atoms with Crippen molar-refractivity contribution in [2.75, 3.05) is 19.7 Å². The number of fused-ring (bicyclic) bond motifs is 2. The van der Waals surface area contributed by atoms with Crippen LogP contribution in [0.15, 0.2) is 30.5 Å². The van der Waals surface area contributed by atoms with Gasteiger partial charge in [0.25, 0.3) is 5.91 Å². The molecule has 0 unspecified atom stereocenters. The molecule has 2 bridgehead atoms. The fourth-order valence-corrected chi connectivity index (χ4v) is 5.29. The van der Waals surface area contributed by atoms with Crippen LogP contribution in [0.2, 0.25) is 0 Å². The molecule has 1 amide bonds. The van der Waals surface area contributed by atoms with Crippen LogP contribution in [0.3, 0.4) is 0 Å². The van der Waals surface area contributed by atoms with Crippen LogP contribution in [0.25, 0.3) is 0 Å². The second-order valence-electron chi connectivity index (χ2n) is 10.6. The minimum atomic E-state index is -4.53. The van der Waals surface area contributed by atoms with E-state index in [0.717, 1.165) is 35.6 Å². The van der Waals surface area contributed by atoms with Crippen LogP contribution in [0.1, 0.15) is 72.4 Å². The topological polar surface area (TPSA) is 65.9 Å². The van der Waals surface area contributed by atoms with Gasteiger partial charge in [0, 0.05) is 43.8 Å². The molecule has 1 aromatic heterocycles. The highest BCUT2D eigenvalue weighted by Gasteiger charge is 2.47. The molecule has 3 heterocycles. The van der Waals surface area contributed by atoms with Crippen LogP contribution in [0.5, 0.6) is 5.75 Å². The quantitative estimate of drug-likeness (QED) is 0.579. The highest BCUT2D eigenvalue weighted by Crippen LogP contribution is 2.39. The van der Waals surface area contributed by atoms with Gasteiger partial charge in [-0.25, -0.2) is 0 Å². The van der Waals surface area contributed by atoms with Crippen LogP contribution in [0.4, 0.5) is 13.2 Å². The molecule has 6 nitrogen and oxygen atoms in total. The fraction of sp³-hybridized carbons (Fsp3) is 0.556. The molecule has 2 aromatic rings. The lowest BCUT2D eigenvalue weighted by atomic mass is 9.96. The summed E-state index contributed by atoms with van der Waals surface area (Å²) in [5.41, 5.74) is 1.86. The second-order valence-corrected chi connectivity index (χ2v) is 10.6. The minimum absolute atomic E-state index is 0.0260. The molecule has 1 N–H and O–H groups in total. The summed E-state index contributed by atoms with van der Waals surface area (Å²) in [5.74, 6) is 0.549. The van der Waals surface area contributed by atoms with Gasteiger partial charge in [-0.15, -0.1) is 0 Å². The Morgan fingerprint density at radius 3 is 2.42 bits per heavy atom. The maximum Gasteiger partial charge on any atom is 0.433 e. The molecule has 0 aliphatic carbocycles. The molecule has 0 saturated carbocycles. The van der Waals surface area contributed by atoms with Crippen molar-refractivity contribution in [1.82, 2.24) is 14.8 Å². The lowest BCUT2D eigenvalue weighted by molar-refractivity contribution is -0.141. The first-order chi connectivity index (χ1) is 16.8. The predicted molar refractivity (Wildman–Crippen MR) is 130 cm³/mol. The molecule has 36 heavy (non-hydrogen) atoms. The number of hydrogen-bond donors (Lipinski definition) is 1. The molecular formula is C27H34F3N3O3. The van der Waals surface area contributed by atoms with Crippen molar-refractivity contribution in [3.05, 3.63) is 58.4 Å².